The van der Waals surface area contributed by atoms with Crippen molar-refractivity contribution in [3.8, 4) is 6.07 Å². The molecule has 2 aliphatic rings. The van der Waals surface area contributed by atoms with E-state index in [1.165, 1.54) is 43.4 Å². The first-order valence-electron chi connectivity index (χ1n) is 11.3. The maximum absolute atomic E-state index is 9.73. The summed E-state index contributed by atoms with van der Waals surface area (Å²) in [6.45, 7) is 3.48. The van der Waals surface area contributed by atoms with Crippen molar-refractivity contribution in [2.75, 3.05) is 19.6 Å². The van der Waals surface area contributed by atoms with Gasteiger partial charge in [0.2, 0.25) is 0 Å². The van der Waals surface area contributed by atoms with Crippen molar-refractivity contribution < 1.29 is 0 Å². The van der Waals surface area contributed by atoms with Crippen LogP contribution in [0.2, 0.25) is 0 Å². The molecule has 3 nitrogen and oxygen atoms in total. The lowest BCUT2D eigenvalue weighted by atomic mass is 9.89. The molecule has 1 aliphatic heterocycles. The molecule has 3 heteroatoms. The molecule has 0 amide bonds. The summed E-state index contributed by atoms with van der Waals surface area (Å²) in [5.74, 6) is 1.09. The van der Waals surface area contributed by atoms with Gasteiger partial charge in [0.25, 0.3) is 0 Å². The van der Waals surface area contributed by atoms with Gasteiger partial charge in [0.05, 0.1) is 12.1 Å². The summed E-state index contributed by atoms with van der Waals surface area (Å²) in [5, 5.41) is 13.4. The number of rotatable bonds is 9. The molecule has 3 atom stereocenters. The summed E-state index contributed by atoms with van der Waals surface area (Å²) in [5.41, 5.74) is 2.86. The lowest BCUT2D eigenvalue weighted by Gasteiger charge is -2.34. The highest BCUT2D eigenvalue weighted by atomic mass is 15.1. The molecule has 29 heavy (non-hydrogen) atoms. The third-order valence-electron chi connectivity index (χ3n) is 6.69. The van der Waals surface area contributed by atoms with Crippen molar-refractivity contribution >= 4 is 0 Å². The Bertz CT molecular complexity index is 775. The zero-order chi connectivity index (χ0) is 19.9. The van der Waals surface area contributed by atoms with E-state index in [0.717, 1.165) is 25.9 Å². The molecule has 1 unspecified atom stereocenters. The quantitative estimate of drug-likeness (QED) is 0.631. The normalized spacial score (nSPS) is 23.4. The van der Waals surface area contributed by atoms with E-state index in [-0.39, 0.29) is 6.04 Å². The van der Waals surface area contributed by atoms with Crippen LogP contribution in [0.3, 0.4) is 0 Å². The van der Waals surface area contributed by atoms with Crippen LogP contribution in [0.25, 0.3) is 0 Å². The van der Waals surface area contributed by atoms with Gasteiger partial charge in [-0.05, 0) is 75.2 Å². The first-order valence-corrected chi connectivity index (χ1v) is 11.3. The van der Waals surface area contributed by atoms with Crippen LogP contribution in [0.15, 0.2) is 60.7 Å². The molecule has 0 bridgehead atoms. The van der Waals surface area contributed by atoms with Crippen LogP contribution in [-0.2, 0) is 6.42 Å². The van der Waals surface area contributed by atoms with Crippen molar-refractivity contribution in [3.63, 3.8) is 0 Å². The van der Waals surface area contributed by atoms with E-state index in [1.807, 2.05) is 0 Å². The van der Waals surface area contributed by atoms with Crippen LogP contribution in [0.5, 0.6) is 0 Å². The van der Waals surface area contributed by atoms with E-state index in [2.05, 4.69) is 76.9 Å². The van der Waals surface area contributed by atoms with Crippen LogP contribution in [0, 0.1) is 17.2 Å². The smallest absolute Gasteiger partial charge is 0.0984 e. The lowest BCUT2D eigenvalue weighted by molar-refractivity contribution is 0.167. The fraction of sp³-hybridized carbons (Fsp3) is 0.500. The van der Waals surface area contributed by atoms with Crippen molar-refractivity contribution in [2.45, 2.75) is 56.5 Å². The third-order valence-corrected chi connectivity index (χ3v) is 6.69. The van der Waals surface area contributed by atoms with E-state index in [0.29, 0.717) is 17.9 Å². The molecule has 2 fully saturated rings. The summed E-state index contributed by atoms with van der Waals surface area (Å²) in [7, 11) is 0. The molecule has 1 heterocycles. The number of piperidine rings is 1. The fourth-order valence-electron chi connectivity index (χ4n) is 4.78. The molecular formula is C26H33N3. The maximum Gasteiger partial charge on any atom is 0.0984 e. The van der Waals surface area contributed by atoms with Gasteiger partial charge in [0, 0.05) is 12.0 Å². The standard InChI is InChI=1S/C26H33N3/c27-20-26(28-25-19-24(25)22-12-5-2-6-13-22)23-14-17-29(18-15-23)16-8-7-11-21-9-3-1-4-10-21/h1-6,9-10,12-13,23-26,28H,7-8,11,14-19H2/t24-,25+,26?/m0/s1. The van der Waals surface area contributed by atoms with E-state index in [9.17, 15) is 5.26 Å². The van der Waals surface area contributed by atoms with E-state index in [1.54, 1.807) is 0 Å². The SMILES string of the molecule is N#CC(N[C@@H]1C[C@H]1c1ccccc1)C1CCN(CCCCc2ccccc2)CC1. The maximum atomic E-state index is 9.73. The summed E-state index contributed by atoms with van der Waals surface area (Å²) in [6.07, 6.45) is 7.17. The second kappa shape index (κ2) is 10.1. The minimum atomic E-state index is 0.00828. The minimum Gasteiger partial charge on any atom is -0.303 e. The topological polar surface area (TPSA) is 39.1 Å². The third kappa shape index (κ3) is 5.69. The first kappa shape index (κ1) is 20.1. The number of aryl methyl sites for hydroxylation is 1. The zero-order valence-electron chi connectivity index (χ0n) is 17.3. The molecule has 2 aromatic rings. The van der Waals surface area contributed by atoms with Crippen LogP contribution >= 0.6 is 0 Å². The molecule has 1 saturated carbocycles. The second-order valence-electron chi connectivity index (χ2n) is 8.75. The molecule has 0 aromatic heterocycles. The van der Waals surface area contributed by atoms with Crippen LogP contribution in [0.4, 0.5) is 0 Å². The zero-order valence-corrected chi connectivity index (χ0v) is 17.3. The Kier molecular flexibility index (Phi) is 6.98. The molecule has 1 aliphatic carbocycles. The molecular weight excluding hydrogens is 354 g/mol. The second-order valence-corrected chi connectivity index (χ2v) is 8.75. The van der Waals surface area contributed by atoms with Gasteiger partial charge in [-0.1, -0.05) is 60.7 Å². The van der Waals surface area contributed by atoms with Gasteiger partial charge in [-0.25, -0.2) is 0 Å². The van der Waals surface area contributed by atoms with E-state index >= 15 is 0 Å². The Morgan fingerprint density at radius 3 is 2.34 bits per heavy atom. The van der Waals surface area contributed by atoms with Gasteiger partial charge in [-0.3, -0.25) is 5.32 Å². The van der Waals surface area contributed by atoms with Gasteiger partial charge in [-0.15, -0.1) is 0 Å². The van der Waals surface area contributed by atoms with Crippen molar-refractivity contribution in [2.24, 2.45) is 5.92 Å². The Balaban J connectivity index is 1.15. The monoisotopic (exact) mass is 387 g/mol. The summed E-state index contributed by atoms with van der Waals surface area (Å²) < 4.78 is 0. The number of nitrogens with one attached hydrogen (secondary N) is 1. The Labute approximate surface area is 175 Å². The van der Waals surface area contributed by atoms with Crippen molar-refractivity contribution in [1.29, 1.82) is 5.26 Å². The number of unbranched alkanes of at least 4 members (excludes halogenated alkanes) is 1. The number of nitriles is 1. The molecule has 0 spiro atoms. The molecule has 0 radical (unpaired) electrons. The Morgan fingerprint density at radius 2 is 1.66 bits per heavy atom. The number of benzene rings is 2. The van der Waals surface area contributed by atoms with Crippen molar-refractivity contribution in [1.82, 2.24) is 10.2 Å². The predicted molar refractivity (Wildman–Crippen MR) is 119 cm³/mol. The first-order chi connectivity index (χ1) is 14.3. The lowest BCUT2D eigenvalue weighted by Crippen LogP contribution is -2.43. The summed E-state index contributed by atoms with van der Waals surface area (Å²) >= 11 is 0. The molecule has 152 valence electrons. The van der Waals surface area contributed by atoms with E-state index in [4.69, 9.17) is 0 Å². The molecule has 1 saturated heterocycles. The largest absolute Gasteiger partial charge is 0.303 e. The number of hydrogen-bond donors (Lipinski definition) is 1. The molecule has 4 rings (SSSR count). The van der Waals surface area contributed by atoms with Gasteiger partial charge < -0.3 is 4.90 Å². The van der Waals surface area contributed by atoms with Crippen LogP contribution in [0.1, 0.15) is 49.1 Å². The average Bonchev–Trinajstić information content (AvgIpc) is 3.56. The predicted octanol–water partition coefficient (Wildman–Crippen LogP) is 4.76. The molecule has 2 aromatic carbocycles. The van der Waals surface area contributed by atoms with E-state index < -0.39 is 0 Å². The number of nitrogens with zero attached hydrogens (tertiary/aromatic N) is 2. The summed E-state index contributed by atoms with van der Waals surface area (Å²) in [6, 6.07) is 24.6. The average molecular weight is 388 g/mol. The van der Waals surface area contributed by atoms with Crippen LogP contribution in [-0.4, -0.2) is 36.6 Å². The summed E-state index contributed by atoms with van der Waals surface area (Å²) in [4.78, 5) is 2.60. The highest BCUT2D eigenvalue weighted by Gasteiger charge is 2.41. The number of hydrogen-bond acceptors (Lipinski definition) is 3. The van der Waals surface area contributed by atoms with Gasteiger partial charge >= 0.3 is 0 Å². The highest BCUT2D eigenvalue weighted by molar-refractivity contribution is 5.28. The van der Waals surface area contributed by atoms with Gasteiger partial charge in [-0.2, -0.15) is 5.26 Å². The number of likely N-dealkylation sites (tertiary alicyclic amines) is 1. The Morgan fingerprint density at radius 1 is 0.966 bits per heavy atom. The van der Waals surface area contributed by atoms with Crippen molar-refractivity contribution in [3.05, 3.63) is 71.8 Å². The Hall–Kier alpha value is -2.15. The fourth-order valence-corrected chi connectivity index (χ4v) is 4.78. The minimum absolute atomic E-state index is 0.00828. The van der Waals surface area contributed by atoms with Crippen LogP contribution < -0.4 is 5.32 Å². The van der Waals surface area contributed by atoms with Gasteiger partial charge in [0.15, 0.2) is 0 Å². The highest BCUT2D eigenvalue weighted by Crippen LogP contribution is 2.41. The van der Waals surface area contributed by atoms with Gasteiger partial charge in [0.1, 0.15) is 0 Å². The molecule has 1 N–H and O–H groups in total.